The molecule has 0 radical (unpaired) electrons. The van der Waals surface area contributed by atoms with Gasteiger partial charge in [-0.25, -0.2) is 17.6 Å². The van der Waals surface area contributed by atoms with Crippen molar-refractivity contribution in [2.24, 2.45) is 0 Å². The summed E-state index contributed by atoms with van der Waals surface area (Å²) in [7, 11) is -3.42. The molecule has 2 aromatic carbocycles. The minimum atomic E-state index is -3.42. The summed E-state index contributed by atoms with van der Waals surface area (Å²) in [5.74, 6) is -1.95. The predicted octanol–water partition coefficient (Wildman–Crippen LogP) is 1.68. The maximum Gasteiger partial charge on any atom is 0.437 e. The molecule has 0 spiro atoms. The Labute approximate surface area is 153 Å². The van der Waals surface area contributed by atoms with Crippen LogP contribution in [0.3, 0.4) is 0 Å². The van der Waals surface area contributed by atoms with Crippen molar-refractivity contribution < 1.29 is 22.0 Å². The summed E-state index contributed by atoms with van der Waals surface area (Å²) in [5, 5.41) is 6.40. The highest BCUT2D eigenvalue weighted by atomic mass is 32.2. The van der Waals surface area contributed by atoms with Gasteiger partial charge in [-0.05, 0) is 42.5 Å². The molecule has 0 bridgehead atoms. The molecule has 0 aliphatic carbocycles. The van der Waals surface area contributed by atoms with E-state index >= 15 is 0 Å². The van der Waals surface area contributed by atoms with Crippen molar-refractivity contribution >= 4 is 21.4 Å². The van der Waals surface area contributed by atoms with Gasteiger partial charge in [0.2, 0.25) is 11.8 Å². The number of hydrogen-bond donors (Lipinski definition) is 1. The molecule has 10 heteroatoms. The first-order valence-electron chi connectivity index (χ1n) is 7.66. The lowest BCUT2D eigenvalue weighted by Crippen LogP contribution is -2.25. The minimum Gasteiger partial charge on any atom is -0.388 e. The Kier molecular flexibility index (Phi) is 4.91. The van der Waals surface area contributed by atoms with Crippen molar-refractivity contribution in [3.05, 3.63) is 64.9 Å². The van der Waals surface area contributed by atoms with E-state index in [1.807, 2.05) is 0 Å². The fraction of sp³-hybridized carbons (Fsp3) is 0.118. The van der Waals surface area contributed by atoms with Crippen molar-refractivity contribution in [2.45, 2.75) is 11.4 Å². The maximum atomic E-state index is 13.0. The summed E-state index contributed by atoms with van der Waals surface area (Å²) in [6, 6.07) is 10.9. The molecule has 140 valence electrons. The van der Waals surface area contributed by atoms with Crippen LogP contribution in [0.2, 0.25) is 0 Å². The van der Waals surface area contributed by atoms with E-state index < -0.39 is 33.9 Å². The van der Waals surface area contributed by atoms with E-state index in [0.717, 1.165) is 10.9 Å². The van der Waals surface area contributed by atoms with Crippen LogP contribution in [0.1, 0.15) is 0 Å². The van der Waals surface area contributed by atoms with Crippen molar-refractivity contribution in [2.75, 3.05) is 11.6 Å². The summed E-state index contributed by atoms with van der Waals surface area (Å²) >= 11 is 0. The lowest BCUT2D eigenvalue weighted by molar-refractivity contribution is -0.117. The lowest BCUT2D eigenvalue weighted by Gasteiger charge is -2.06. The van der Waals surface area contributed by atoms with Gasteiger partial charge in [0, 0.05) is 17.5 Å². The highest BCUT2D eigenvalue weighted by Gasteiger charge is 2.14. The zero-order valence-corrected chi connectivity index (χ0v) is 14.9. The summed E-state index contributed by atoms with van der Waals surface area (Å²) in [5.41, 5.74) is 0.645. The molecular weight excluding hydrogens is 377 g/mol. The quantitative estimate of drug-likeness (QED) is 0.708. The number of nitrogens with one attached hydrogen (secondary N) is 1. The summed E-state index contributed by atoms with van der Waals surface area (Å²) in [4.78, 5) is 24.0. The average Bonchev–Trinajstić information content (AvgIpc) is 2.95. The van der Waals surface area contributed by atoms with Crippen LogP contribution in [-0.2, 0) is 21.2 Å². The van der Waals surface area contributed by atoms with Gasteiger partial charge >= 0.3 is 5.76 Å². The van der Waals surface area contributed by atoms with Gasteiger partial charge in [0.25, 0.3) is 0 Å². The molecule has 1 aromatic heterocycles. The van der Waals surface area contributed by atoms with E-state index in [0.29, 0.717) is 5.56 Å². The number of halogens is 1. The molecule has 0 saturated carbocycles. The Morgan fingerprint density at radius 3 is 2.59 bits per heavy atom. The smallest absolute Gasteiger partial charge is 0.388 e. The summed E-state index contributed by atoms with van der Waals surface area (Å²) < 4.78 is 41.9. The zero-order valence-electron chi connectivity index (χ0n) is 14.0. The van der Waals surface area contributed by atoms with Crippen LogP contribution in [0, 0.1) is 5.82 Å². The number of benzene rings is 2. The second-order valence-corrected chi connectivity index (χ2v) is 7.70. The molecule has 0 aliphatic heterocycles. The second kappa shape index (κ2) is 7.16. The van der Waals surface area contributed by atoms with Gasteiger partial charge in [0.05, 0.1) is 4.90 Å². The van der Waals surface area contributed by atoms with Crippen molar-refractivity contribution in [3.63, 3.8) is 0 Å². The minimum absolute atomic E-state index is 0.0492. The molecule has 3 aromatic rings. The third-order valence-corrected chi connectivity index (χ3v) is 4.65. The Morgan fingerprint density at radius 1 is 1.22 bits per heavy atom. The number of hydrogen-bond acceptors (Lipinski definition) is 6. The predicted molar refractivity (Wildman–Crippen MR) is 94.3 cm³/mol. The first-order valence-corrected chi connectivity index (χ1v) is 9.55. The SMILES string of the molecule is CS(=O)(=O)c1cccc(NC(=O)Cn2nc(-c3ccc(F)cc3)oc2=O)c1. The monoisotopic (exact) mass is 391 g/mol. The van der Waals surface area contributed by atoms with Crippen molar-refractivity contribution in [1.29, 1.82) is 0 Å². The Morgan fingerprint density at radius 2 is 1.93 bits per heavy atom. The molecule has 0 saturated heterocycles. The van der Waals surface area contributed by atoms with Gasteiger partial charge in [-0.3, -0.25) is 4.79 Å². The maximum absolute atomic E-state index is 13.0. The topological polar surface area (TPSA) is 111 Å². The number of amides is 1. The Hall–Kier alpha value is -3.27. The molecule has 3 rings (SSSR count). The van der Waals surface area contributed by atoms with Gasteiger partial charge in [0.1, 0.15) is 12.4 Å². The second-order valence-electron chi connectivity index (χ2n) is 5.69. The highest BCUT2D eigenvalue weighted by molar-refractivity contribution is 7.90. The van der Waals surface area contributed by atoms with Gasteiger partial charge in [-0.15, -0.1) is 5.10 Å². The third-order valence-electron chi connectivity index (χ3n) is 3.54. The number of carbonyl (C=O) groups is 1. The number of anilines is 1. The van der Waals surface area contributed by atoms with E-state index in [-0.39, 0.29) is 16.5 Å². The van der Waals surface area contributed by atoms with Crippen LogP contribution in [0.4, 0.5) is 10.1 Å². The van der Waals surface area contributed by atoms with E-state index in [2.05, 4.69) is 10.4 Å². The normalized spacial score (nSPS) is 11.3. The third kappa shape index (κ3) is 4.47. The van der Waals surface area contributed by atoms with Gasteiger partial charge in [-0.2, -0.15) is 4.68 Å². The first-order chi connectivity index (χ1) is 12.7. The van der Waals surface area contributed by atoms with Crippen LogP contribution in [0.15, 0.2) is 62.6 Å². The molecular formula is C17H14FN3O5S. The van der Waals surface area contributed by atoms with Gasteiger partial charge < -0.3 is 9.73 Å². The molecule has 0 fully saturated rings. The molecule has 1 amide bonds. The summed E-state index contributed by atoms with van der Waals surface area (Å²) in [6.07, 6.45) is 1.06. The van der Waals surface area contributed by atoms with Crippen LogP contribution >= 0.6 is 0 Å². The molecule has 0 unspecified atom stereocenters. The van der Waals surface area contributed by atoms with E-state index in [1.54, 1.807) is 0 Å². The number of sulfone groups is 1. The standard InChI is InChI=1S/C17H14FN3O5S/c1-27(24,25)14-4-2-3-13(9-14)19-15(22)10-21-17(23)26-16(20-21)11-5-7-12(18)8-6-11/h2-9H,10H2,1H3,(H,19,22). The molecule has 27 heavy (non-hydrogen) atoms. The zero-order chi connectivity index (χ0) is 19.6. The van der Waals surface area contributed by atoms with E-state index in [1.165, 1.54) is 48.5 Å². The Balaban J connectivity index is 1.75. The van der Waals surface area contributed by atoms with Crippen LogP contribution in [0.5, 0.6) is 0 Å². The molecule has 1 heterocycles. The number of rotatable bonds is 5. The van der Waals surface area contributed by atoms with Gasteiger partial charge in [0.15, 0.2) is 9.84 Å². The van der Waals surface area contributed by atoms with Crippen LogP contribution in [0.25, 0.3) is 11.5 Å². The lowest BCUT2D eigenvalue weighted by atomic mass is 10.2. The molecule has 0 aliphatic rings. The van der Waals surface area contributed by atoms with E-state index in [4.69, 9.17) is 4.42 Å². The molecule has 0 atom stereocenters. The first kappa shape index (κ1) is 18.5. The highest BCUT2D eigenvalue weighted by Crippen LogP contribution is 2.17. The largest absolute Gasteiger partial charge is 0.437 e. The van der Waals surface area contributed by atoms with Crippen molar-refractivity contribution in [3.8, 4) is 11.5 Å². The van der Waals surface area contributed by atoms with Crippen molar-refractivity contribution in [1.82, 2.24) is 9.78 Å². The fourth-order valence-corrected chi connectivity index (χ4v) is 2.92. The number of aromatic nitrogens is 2. The number of nitrogens with zero attached hydrogens (tertiary/aromatic N) is 2. The van der Waals surface area contributed by atoms with Crippen LogP contribution in [-0.4, -0.2) is 30.4 Å². The number of carbonyl (C=O) groups excluding carboxylic acids is 1. The average molecular weight is 391 g/mol. The fourth-order valence-electron chi connectivity index (χ4n) is 2.26. The van der Waals surface area contributed by atoms with Gasteiger partial charge in [-0.1, -0.05) is 6.07 Å². The molecule has 8 nitrogen and oxygen atoms in total. The van der Waals surface area contributed by atoms with Crippen LogP contribution < -0.4 is 11.1 Å². The Bertz CT molecular complexity index is 1150. The van der Waals surface area contributed by atoms with E-state index in [9.17, 15) is 22.4 Å². The summed E-state index contributed by atoms with van der Waals surface area (Å²) in [6.45, 7) is -0.438. The molecule has 1 N–H and O–H groups in total.